The Hall–Kier alpha value is -3.15. The molecule has 1 aliphatic heterocycles. The third-order valence-electron chi connectivity index (χ3n) is 5.59. The molecule has 2 N–H and O–H groups in total. The zero-order chi connectivity index (χ0) is 19.8. The maximum Gasteiger partial charge on any atom is 0.269 e. The minimum absolute atomic E-state index is 0.00305. The van der Waals surface area contributed by atoms with Crippen molar-refractivity contribution >= 4 is 23.0 Å². The topological polar surface area (TPSA) is 84.3 Å². The second-order valence-electron chi connectivity index (χ2n) is 7.77. The molecule has 0 spiro atoms. The molecule has 2 aliphatic rings. The van der Waals surface area contributed by atoms with Crippen LogP contribution in [0, 0.1) is 22.0 Å². The van der Waals surface area contributed by atoms with Gasteiger partial charge < -0.3 is 10.6 Å². The van der Waals surface area contributed by atoms with E-state index >= 15 is 0 Å². The second-order valence-corrected chi connectivity index (χ2v) is 7.77. The van der Waals surface area contributed by atoms with E-state index < -0.39 is 0 Å². The van der Waals surface area contributed by atoms with E-state index in [4.69, 9.17) is 0 Å². The van der Waals surface area contributed by atoms with Crippen molar-refractivity contribution < 1.29 is 9.72 Å². The van der Waals surface area contributed by atoms with Crippen LogP contribution in [-0.2, 0) is 4.79 Å². The van der Waals surface area contributed by atoms with Gasteiger partial charge in [0.15, 0.2) is 0 Å². The zero-order valence-corrected chi connectivity index (χ0v) is 15.9. The van der Waals surface area contributed by atoms with Crippen LogP contribution in [0.3, 0.4) is 0 Å². The van der Waals surface area contributed by atoms with Gasteiger partial charge in [-0.15, -0.1) is 0 Å². The fraction of sp³-hybridized carbons (Fsp3) is 0.318. The summed E-state index contributed by atoms with van der Waals surface area (Å²) in [5.41, 5.74) is 4.00. The lowest BCUT2D eigenvalue weighted by Crippen LogP contribution is -2.29. The number of carbonyl (C=O) groups excluding carboxylic acids is 1. The number of non-ortho nitro benzene ring substituents is 1. The Balaban J connectivity index is 1.67. The molecule has 0 saturated heterocycles. The number of nitrogens with zero attached hydrogens (tertiary/aromatic N) is 1. The maximum atomic E-state index is 12.0. The second kappa shape index (κ2) is 7.11. The highest BCUT2D eigenvalue weighted by Crippen LogP contribution is 2.50. The molecule has 2 aromatic rings. The van der Waals surface area contributed by atoms with Gasteiger partial charge in [-0.25, -0.2) is 0 Å². The van der Waals surface area contributed by atoms with Gasteiger partial charge in [0.2, 0.25) is 5.91 Å². The molecular weight excluding hydrogens is 354 g/mol. The van der Waals surface area contributed by atoms with Gasteiger partial charge in [0.05, 0.1) is 11.0 Å². The lowest BCUT2D eigenvalue weighted by Gasteiger charge is -2.37. The first-order valence-electron chi connectivity index (χ1n) is 9.56. The monoisotopic (exact) mass is 377 g/mol. The molecule has 0 fully saturated rings. The number of nitro groups is 1. The molecule has 2 aromatic carbocycles. The number of hydrogen-bond acceptors (Lipinski definition) is 4. The quantitative estimate of drug-likeness (QED) is 0.445. The summed E-state index contributed by atoms with van der Waals surface area (Å²) in [5.74, 6) is 0.421. The highest BCUT2D eigenvalue weighted by Gasteiger charge is 2.38. The number of allylic oxidation sites excluding steroid dienone is 2. The van der Waals surface area contributed by atoms with Crippen LogP contribution in [-0.4, -0.2) is 10.8 Å². The largest absolute Gasteiger partial charge is 0.378 e. The van der Waals surface area contributed by atoms with Gasteiger partial charge in [0.25, 0.3) is 5.69 Å². The summed E-state index contributed by atoms with van der Waals surface area (Å²) in [6, 6.07) is 12.8. The van der Waals surface area contributed by atoms with E-state index in [1.54, 1.807) is 12.1 Å². The average Bonchev–Trinajstić information content (AvgIpc) is 3.17. The Labute approximate surface area is 163 Å². The molecule has 0 aromatic heterocycles. The molecule has 6 heteroatoms. The molecule has 0 saturated carbocycles. The molecule has 6 nitrogen and oxygen atoms in total. The first-order chi connectivity index (χ1) is 13.4. The first-order valence-corrected chi connectivity index (χ1v) is 9.56. The van der Waals surface area contributed by atoms with Crippen molar-refractivity contribution in [3.05, 3.63) is 75.9 Å². The predicted octanol–water partition coefficient (Wildman–Crippen LogP) is 5.02. The molecule has 144 valence electrons. The number of benzene rings is 2. The Morgan fingerprint density at radius 1 is 1.25 bits per heavy atom. The normalized spacial score (nSPS) is 22.3. The molecule has 28 heavy (non-hydrogen) atoms. The van der Waals surface area contributed by atoms with Crippen LogP contribution in [0.25, 0.3) is 0 Å². The summed E-state index contributed by atoms with van der Waals surface area (Å²) in [5, 5.41) is 17.7. The molecule has 0 bridgehead atoms. The Bertz CT molecular complexity index is 967. The van der Waals surface area contributed by atoms with Crippen molar-refractivity contribution in [1.29, 1.82) is 0 Å². The number of amides is 1. The maximum absolute atomic E-state index is 12.0. The molecule has 0 radical (unpaired) electrons. The van der Waals surface area contributed by atoms with Crippen molar-refractivity contribution in [2.75, 3.05) is 10.6 Å². The van der Waals surface area contributed by atoms with E-state index in [0.717, 1.165) is 28.9 Å². The molecule has 1 amide bonds. The van der Waals surface area contributed by atoms with E-state index in [2.05, 4.69) is 22.8 Å². The number of fused-ring (bicyclic) bond motifs is 3. The van der Waals surface area contributed by atoms with E-state index in [1.807, 2.05) is 38.1 Å². The fourth-order valence-electron chi connectivity index (χ4n) is 4.12. The highest BCUT2D eigenvalue weighted by molar-refractivity contribution is 5.92. The van der Waals surface area contributed by atoms with Gasteiger partial charge in [0, 0.05) is 35.3 Å². The molecule has 3 atom stereocenters. The SMILES string of the molecule is CC(C)C(=O)Nc1ccc2c(c1)C1C=CCC1C(c1cccc([N+](=O)[O-])c1)N2. The molecule has 3 unspecified atom stereocenters. The molecule has 4 rings (SSSR count). The van der Waals surface area contributed by atoms with E-state index in [1.165, 1.54) is 6.07 Å². The Morgan fingerprint density at radius 3 is 2.82 bits per heavy atom. The average molecular weight is 377 g/mol. The number of anilines is 2. The van der Waals surface area contributed by atoms with E-state index in [-0.39, 0.29) is 40.3 Å². The van der Waals surface area contributed by atoms with Crippen LogP contribution >= 0.6 is 0 Å². The Kier molecular flexibility index (Phi) is 4.63. The molecular formula is C22H23N3O3. The number of carbonyl (C=O) groups is 1. The standard InChI is InChI=1S/C22H23N3O3/c1-13(2)22(26)23-15-9-10-20-19(12-15)17-7-4-8-18(17)21(24-20)14-5-3-6-16(11-14)25(27)28/h3-7,9-13,17-18,21,24H,8H2,1-2H3,(H,23,26). The lowest BCUT2D eigenvalue weighted by molar-refractivity contribution is -0.384. The van der Waals surface area contributed by atoms with Crippen LogP contribution < -0.4 is 10.6 Å². The third kappa shape index (κ3) is 3.26. The van der Waals surface area contributed by atoms with Gasteiger partial charge in [0.1, 0.15) is 0 Å². The van der Waals surface area contributed by atoms with Gasteiger partial charge >= 0.3 is 0 Å². The van der Waals surface area contributed by atoms with Gasteiger partial charge in [-0.05, 0) is 41.7 Å². The van der Waals surface area contributed by atoms with Gasteiger partial charge in [-0.2, -0.15) is 0 Å². The molecule has 1 heterocycles. The number of rotatable bonds is 4. The molecule has 1 aliphatic carbocycles. The summed E-state index contributed by atoms with van der Waals surface area (Å²) in [4.78, 5) is 22.9. The van der Waals surface area contributed by atoms with Crippen LogP contribution in [0.2, 0.25) is 0 Å². The Morgan fingerprint density at radius 2 is 2.07 bits per heavy atom. The summed E-state index contributed by atoms with van der Waals surface area (Å²) >= 11 is 0. The lowest BCUT2D eigenvalue weighted by atomic mass is 9.77. The number of hydrogen-bond donors (Lipinski definition) is 2. The summed E-state index contributed by atoms with van der Waals surface area (Å²) < 4.78 is 0. The summed E-state index contributed by atoms with van der Waals surface area (Å²) in [6.45, 7) is 3.74. The smallest absolute Gasteiger partial charge is 0.269 e. The third-order valence-corrected chi connectivity index (χ3v) is 5.59. The minimum Gasteiger partial charge on any atom is -0.378 e. The van der Waals surface area contributed by atoms with Crippen molar-refractivity contribution in [3.63, 3.8) is 0 Å². The van der Waals surface area contributed by atoms with Crippen LogP contribution in [0.1, 0.15) is 43.4 Å². The zero-order valence-electron chi connectivity index (χ0n) is 15.9. The number of nitro benzene ring substituents is 1. The van der Waals surface area contributed by atoms with Crippen molar-refractivity contribution in [2.45, 2.75) is 32.2 Å². The van der Waals surface area contributed by atoms with Crippen LogP contribution in [0.4, 0.5) is 17.1 Å². The van der Waals surface area contributed by atoms with Crippen LogP contribution in [0.5, 0.6) is 0 Å². The van der Waals surface area contributed by atoms with Crippen LogP contribution in [0.15, 0.2) is 54.6 Å². The minimum atomic E-state index is -0.353. The van der Waals surface area contributed by atoms with Crippen molar-refractivity contribution in [1.82, 2.24) is 0 Å². The number of nitrogens with one attached hydrogen (secondary N) is 2. The van der Waals surface area contributed by atoms with E-state index in [0.29, 0.717) is 0 Å². The van der Waals surface area contributed by atoms with Gasteiger partial charge in [-0.3, -0.25) is 14.9 Å². The van der Waals surface area contributed by atoms with Gasteiger partial charge in [-0.1, -0.05) is 38.1 Å². The fourth-order valence-corrected chi connectivity index (χ4v) is 4.12. The predicted molar refractivity (Wildman–Crippen MR) is 109 cm³/mol. The first kappa shape index (κ1) is 18.2. The van der Waals surface area contributed by atoms with Crippen molar-refractivity contribution in [2.24, 2.45) is 11.8 Å². The van der Waals surface area contributed by atoms with Crippen molar-refractivity contribution in [3.8, 4) is 0 Å². The highest BCUT2D eigenvalue weighted by atomic mass is 16.6. The van der Waals surface area contributed by atoms with E-state index in [9.17, 15) is 14.9 Å². The summed E-state index contributed by atoms with van der Waals surface area (Å²) in [6.07, 6.45) is 5.30. The summed E-state index contributed by atoms with van der Waals surface area (Å²) in [7, 11) is 0.